The van der Waals surface area contributed by atoms with Crippen LogP contribution in [0.4, 0.5) is 0 Å². The van der Waals surface area contributed by atoms with Crippen molar-refractivity contribution in [3.8, 4) is 11.1 Å². The molecule has 0 spiro atoms. The van der Waals surface area contributed by atoms with E-state index in [1.54, 1.807) is 19.2 Å². The summed E-state index contributed by atoms with van der Waals surface area (Å²) in [5.74, 6) is 0.986. The third-order valence-corrected chi connectivity index (χ3v) is 8.84. The molecule has 0 saturated heterocycles. The SMILES string of the molecule is CCOC(OC)OC1C2CC3CC(C2)CC1(c1c(-c2ccc(C(=O)O)cc2)ccc2ccccc12)C3. The molecule has 36 heavy (non-hydrogen) atoms. The highest BCUT2D eigenvalue weighted by Crippen LogP contribution is 2.63. The molecular weight excluding hydrogens is 452 g/mol. The Morgan fingerprint density at radius 2 is 1.72 bits per heavy atom. The summed E-state index contributed by atoms with van der Waals surface area (Å²) in [6.07, 6.45) is 5.93. The normalized spacial score (nSPS) is 29.5. The molecule has 188 valence electrons. The number of carboxylic acid groups (broad SMARTS) is 1. The fourth-order valence-electron chi connectivity index (χ4n) is 7.84. The van der Waals surface area contributed by atoms with Crippen molar-refractivity contribution in [1.82, 2.24) is 0 Å². The first kappa shape index (κ1) is 23.7. The highest BCUT2D eigenvalue weighted by atomic mass is 16.8. The van der Waals surface area contributed by atoms with Crippen molar-refractivity contribution in [3.63, 3.8) is 0 Å². The van der Waals surface area contributed by atoms with E-state index in [2.05, 4.69) is 36.4 Å². The Kier molecular flexibility index (Phi) is 6.11. The Balaban J connectivity index is 1.56. The molecule has 4 saturated carbocycles. The molecule has 4 fully saturated rings. The van der Waals surface area contributed by atoms with E-state index in [0.717, 1.165) is 18.4 Å². The summed E-state index contributed by atoms with van der Waals surface area (Å²) in [7, 11) is 1.65. The van der Waals surface area contributed by atoms with Crippen molar-refractivity contribution in [2.24, 2.45) is 17.8 Å². The highest BCUT2D eigenvalue weighted by Gasteiger charge is 2.60. The van der Waals surface area contributed by atoms with Crippen molar-refractivity contribution in [1.29, 1.82) is 0 Å². The van der Waals surface area contributed by atoms with E-state index in [0.29, 0.717) is 29.9 Å². The van der Waals surface area contributed by atoms with Crippen LogP contribution in [0.15, 0.2) is 60.7 Å². The fraction of sp³-hybridized carbons (Fsp3) is 0.452. The van der Waals surface area contributed by atoms with Crippen LogP contribution < -0.4 is 0 Å². The van der Waals surface area contributed by atoms with Gasteiger partial charge in [0.25, 0.3) is 6.48 Å². The zero-order valence-electron chi connectivity index (χ0n) is 21.0. The number of benzene rings is 3. The van der Waals surface area contributed by atoms with Gasteiger partial charge in [0.15, 0.2) is 0 Å². The van der Waals surface area contributed by atoms with E-state index in [4.69, 9.17) is 14.2 Å². The second kappa shape index (κ2) is 9.29. The van der Waals surface area contributed by atoms with Gasteiger partial charge in [0, 0.05) is 19.1 Å². The molecule has 1 N–H and O–H groups in total. The standard InChI is InChI=1S/C31H34O5/c1-3-35-30(34-2)36-28-24-15-19-14-20(16-24)18-31(28,17-19)27-25-7-5-4-6-21(25)12-13-26(27)22-8-10-23(11-9-22)29(32)33/h4-13,19-20,24,28,30H,3,14-18H2,1-2H3,(H,32,33). The van der Waals surface area contributed by atoms with Crippen molar-refractivity contribution in [2.45, 2.75) is 57.0 Å². The zero-order valence-corrected chi connectivity index (χ0v) is 21.0. The minimum absolute atomic E-state index is 0.00430. The van der Waals surface area contributed by atoms with Gasteiger partial charge in [-0.25, -0.2) is 4.79 Å². The third-order valence-electron chi connectivity index (χ3n) is 8.84. The lowest BCUT2D eigenvalue weighted by Crippen LogP contribution is -2.60. The molecule has 0 aliphatic heterocycles. The van der Waals surface area contributed by atoms with E-state index in [1.165, 1.54) is 41.2 Å². The van der Waals surface area contributed by atoms with Gasteiger partial charge in [-0.05, 0) is 96.4 Å². The van der Waals surface area contributed by atoms with Gasteiger partial charge in [0.1, 0.15) is 0 Å². The molecule has 3 aromatic carbocycles. The molecule has 0 radical (unpaired) electrons. The average Bonchev–Trinajstić information content (AvgIpc) is 2.89. The Hall–Kier alpha value is -2.73. The summed E-state index contributed by atoms with van der Waals surface area (Å²) in [6, 6.07) is 20.4. The lowest BCUT2D eigenvalue weighted by atomic mass is 9.45. The van der Waals surface area contributed by atoms with Crippen LogP contribution >= 0.6 is 0 Å². The van der Waals surface area contributed by atoms with Crippen molar-refractivity contribution >= 4 is 16.7 Å². The van der Waals surface area contributed by atoms with Crippen molar-refractivity contribution in [3.05, 3.63) is 71.8 Å². The zero-order chi connectivity index (χ0) is 24.9. The van der Waals surface area contributed by atoms with Crippen LogP contribution in [0.2, 0.25) is 0 Å². The maximum atomic E-state index is 11.5. The summed E-state index contributed by atoms with van der Waals surface area (Å²) < 4.78 is 18.2. The number of fused-ring (bicyclic) bond motifs is 1. The number of rotatable bonds is 8. The number of aromatic carboxylic acids is 1. The summed E-state index contributed by atoms with van der Waals surface area (Å²) in [4.78, 5) is 11.5. The van der Waals surface area contributed by atoms with Crippen LogP contribution in [0.5, 0.6) is 0 Å². The van der Waals surface area contributed by atoms with Gasteiger partial charge in [-0.2, -0.15) is 0 Å². The first-order valence-electron chi connectivity index (χ1n) is 13.2. The molecule has 4 atom stereocenters. The topological polar surface area (TPSA) is 65.0 Å². The monoisotopic (exact) mass is 486 g/mol. The molecule has 4 unspecified atom stereocenters. The van der Waals surface area contributed by atoms with Crippen LogP contribution in [0.25, 0.3) is 21.9 Å². The van der Waals surface area contributed by atoms with E-state index in [9.17, 15) is 9.90 Å². The van der Waals surface area contributed by atoms with Crippen molar-refractivity contribution in [2.75, 3.05) is 13.7 Å². The second-order valence-electron chi connectivity index (χ2n) is 10.9. The Morgan fingerprint density at radius 1 is 1.00 bits per heavy atom. The molecule has 4 bridgehead atoms. The van der Waals surface area contributed by atoms with Crippen LogP contribution in [-0.4, -0.2) is 37.4 Å². The average molecular weight is 487 g/mol. The van der Waals surface area contributed by atoms with Gasteiger partial charge in [-0.15, -0.1) is 0 Å². The molecular formula is C31H34O5. The van der Waals surface area contributed by atoms with Crippen LogP contribution in [0.1, 0.15) is 54.9 Å². The maximum absolute atomic E-state index is 11.5. The molecule has 3 aromatic rings. The number of carboxylic acids is 1. The maximum Gasteiger partial charge on any atom is 0.335 e. The minimum atomic E-state index is -0.906. The van der Waals surface area contributed by atoms with Gasteiger partial charge in [0.2, 0.25) is 0 Å². The molecule has 4 aliphatic carbocycles. The molecule has 0 aromatic heterocycles. The van der Waals surface area contributed by atoms with Crippen LogP contribution in [0.3, 0.4) is 0 Å². The van der Waals surface area contributed by atoms with Crippen LogP contribution in [0, 0.1) is 17.8 Å². The van der Waals surface area contributed by atoms with E-state index >= 15 is 0 Å². The second-order valence-corrected chi connectivity index (χ2v) is 10.9. The summed E-state index contributed by atoms with van der Waals surface area (Å²) in [5.41, 5.74) is 3.72. The lowest BCUT2D eigenvalue weighted by molar-refractivity contribution is -0.322. The predicted octanol–water partition coefficient (Wildman–Crippen LogP) is 6.63. The number of methoxy groups -OCH3 is 1. The molecule has 5 heteroatoms. The molecule has 5 nitrogen and oxygen atoms in total. The van der Waals surface area contributed by atoms with Gasteiger partial charge >= 0.3 is 5.97 Å². The first-order chi connectivity index (χ1) is 17.5. The van der Waals surface area contributed by atoms with E-state index < -0.39 is 12.4 Å². The molecule has 4 aliphatic rings. The lowest BCUT2D eigenvalue weighted by Gasteiger charge is -2.61. The van der Waals surface area contributed by atoms with Crippen molar-refractivity contribution < 1.29 is 24.1 Å². The highest BCUT2D eigenvalue weighted by molar-refractivity contribution is 5.94. The Morgan fingerprint density at radius 3 is 2.39 bits per heavy atom. The molecule has 7 rings (SSSR count). The number of ether oxygens (including phenoxy) is 3. The van der Waals surface area contributed by atoms with Crippen LogP contribution in [-0.2, 0) is 19.6 Å². The van der Waals surface area contributed by atoms with Gasteiger partial charge in [0.05, 0.1) is 11.7 Å². The number of carbonyl (C=O) groups is 1. The Bertz CT molecular complexity index is 1250. The van der Waals surface area contributed by atoms with E-state index in [-0.39, 0.29) is 11.5 Å². The Labute approximate surface area is 212 Å². The summed E-state index contributed by atoms with van der Waals surface area (Å²) in [6.45, 7) is 1.82. The van der Waals surface area contributed by atoms with Gasteiger partial charge in [-0.1, -0.05) is 48.5 Å². The first-order valence-corrected chi connectivity index (χ1v) is 13.2. The summed E-state index contributed by atoms with van der Waals surface area (Å²) in [5, 5.41) is 11.9. The predicted molar refractivity (Wildman–Crippen MR) is 139 cm³/mol. The minimum Gasteiger partial charge on any atom is -0.478 e. The largest absolute Gasteiger partial charge is 0.478 e. The smallest absolute Gasteiger partial charge is 0.335 e. The quantitative estimate of drug-likeness (QED) is 0.362. The number of hydrogen-bond donors (Lipinski definition) is 1. The van der Waals surface area contributed by atoms with E-state index in [1.807, 2.05) is 19.1 Å². The molecule has 0 amide bonds. The third kappa shape index (κ3) is 3.85. The van der Waals surface area contributed by atoms with Gasteiger partial charge < -0.3 is 19.3 Å². The fourth-order valence-corrected chi connectivity index (χ4v) is 7.84. The number of hydrogen-bond acceptors (Lipinski definition) is 4. The van der Waals surface area contributed by atoms with Gasteiger partial charge in [-0.3, -0.25) is 0 Å². The molecule has 0 heterocycles. The summed E-state index contributed by atoms with van der Waals surface area (Å²) >= 11 is 0.